The maximum absolute atomic E-state index is 12.5. The first-order chi connectivity index (χ1) is 9.02. The molecule has 0 saturated carbocycles. The topological polar surface area (TPSA) is 42.0 Å². The molecule has 1 aromatic rings. The number of hydrogen-bond acceptors (Lipinski definition) is 3. The molecule has 1 rings (SSSR count). The summed E-state index contributed by atoms with van der Waals surface area (Å²) in [6, 6.07) is 0. The van der Waals surface area contributed by atoms with Gasteiger partial charge in [0.2, 0.25) is 5.91 Å². The average molecular weight is 288 g/mol. The van der Waals surface area contributed by atoms with Crippen LogP contribution in [0.3, 0.4) is 0 Å². The second kappa shape index (κ2) is 7.99. The zero-order valence-electron chi connectivity index (χ0n) is 11.1. The summed E-state index contributed by atoms with van der Waals surface area (Å²) in [7, 11) is 0. The molecule has 0 aliphatic rings. The average Bonchev–Trinajstić information content (AvgIpc) is 2.73. The predicted molar refractivity (Wildman–Crippen MR) is 73.5 cm³/mol. The van der Waals surface area contributed by atoms with Crippen molar-refractivity contribution in [2.75, 3.05) is 5.32 Å². The van der Waals surface area contributed by atoms with Gasteiger partial charge in [-0.2, -0.15) is 8.78 Å². The maximum Gasteiger partial charge on any atom is 0.269 e. The Balaban J connectivity index is 2.32. The molecule has 0 fully saturated rings. The third-order valence-corrected chi connectivity index (χ3v) is 3.44. The highest BCUT2D eigenvalue weighted by Crippen LogP contribution is 2.20. The van der Waals surface area contributed by atoms with Crippen molar-refractivity contribution in [3.05, 3.63) is 22.7 Å². The van der Waals surface area contributed by atoms with Gasteiger partial charge >= 0.3 is 0 Å². The van der Waals surface area contributed by atoms with Crippen LogP contribution in [0.1, 0.15) is 44.7 Å². The van der Waals surface area contributed by atoms with Crippen LogP contribution in [-0.4, -0.2) is 10.9 Å². The maximum atomic E-state index is 12.5. The van der Waals surface area contributed by atoms with Gasteiger partial charge in [-0.25, -0.2) is 4.98 Å². The SMILES string of the molecule is CCCC(CCCC(=O)Nc1nc(C)cs1)=C(F)F. The summed E-state index contributed by atoms with van der Waals surface area (Å²) in [6.45, 7) is 3.71. The summed E-state index contributed by atoms with van der Waals surface area (Å²) in [6.07, 6.45) is 0.438. The first-order valence-corrected chi connectivity index (χ1v) is 7.16. The minimum atomic E-state index is -1.60. The van der Waals surface area contributed by atoms with Crippen LogP contribution in [0.5, 0.6) is 0 Å². The van der Waals surface area contributed by atoms with Crippen molar-refractivity contribution in [3.8, 4) is 0 Å². The quantitative estimate of drug-likeness (QED) is 0.802. The number of aromatic nitrogens is 1. The number of nitrogens with one attached hydrogen (secondary N) is 1. The first-order valence-electron chi connectivity index (χ1n) is 6.28. The van der Waals surface area contributed by atoms with Crippen molar-refractivity contribution < 1.29 is 13.6 Å². The Kier molecular flexibility index (Phi) is 6.62. The van der Waals surface area contributed by atoms with E-state index in [0.29, 0.717) is 24.4 Å². The molecule has 3 nitrogen and oxygen atoms in total. The molecule has 1 N–H and O–H groups in total. The number of amides is 1. The molecule has 0 aliphatic carbocycles. The lowest BCUT2D eigenvalue weighted by Crippen LogP contribution is -2.11. The van der Waals surface area contributed by atoms with Crippen LogP contribution >= 0.6 is 11.3 Å². The minimum absolute atomic E-state index is 0.167. The van der Waals surface area contributed by atoms with E-state index in [1.807, 2.05) is 19.2 Å². The number of hydrogen-bond donors (Lipinski definition) is 1. The molecule has 0 atom stereocenters. The van der Waals surface area contributed by atoms with Crippen LogP contribution in [0.2, 0.25) is 0 Å². The third-order valence-electron chi connectivity index (χ3n) is 2.57. The van der Waals surface area contributed by atoms with Gasteiger partial charge in [-0.1, -0.05) is 13.3 Å². The number of carbonyl (C=O) groups excluding carboxylic acids is 1. The Morgan fingerprint density at radius 2 is 2.11 bits per heavy atom. The van der Waals surface area contributed by atoms with Crippen molar-refractivity contribution in [1.29, 1.82) is 0 Å². The minimum Gasteiger partial charge on any atom is -0.302 e. The van der Waals surface area contributed by atoms with Gasteiger partial charge in [-0.3, -0.25) is 4.79 Å². The van der Waals surface area contributed by atoms with Gasteiger partial charge in [-0.05, 0) is 31.8 Å². The van der Waals surface area contributed by atoms with Crippen molar-refractivity contribution in [1.82, 2.24) is 4.98 Å². The van der Waals surface area contributed by atoms with E-state index >= 15 is 0 Å². The van der Waals surface area contributed by atoms with E-state index < -0.39 is 6.08 Å². The molecule has 0 radical (unpaired) electrons. The second-order valence-electron chi connectivity index (χ2n) is 4.31. The molecule has 1 heterocycles. The van der Waals surface area contributed by atoms with E-state index in [4.69, 9.17) is 0 Å². The number of anilines is 1. The van der Waals surface area contributed by atoms with Crippen LogP contribution in [-0.2, 0) is 4.79 Å². The molecule has 0 saturated heterocycles. The normalized spacial score (nSPS) is 10.3. The largest absolute Gasteiger partial charge is 0.302 e. The molecule has 0 aromatic carbocycles. The number of allylic oxidation sites excluding steroid dienone is 1. The standard InChI is InChI=1S/C13H18F2N2OS/c1-3-5-10(12(14)15)6-4-7-11(18)17-13-16-9(2)8-19-13/h8H,3-7H2,1-2H3,(H,16,17,18). The molecule has 0 unspecified atom stereocenters. The number of thiazole rings is 1. The Morgan fingerprint density at radius 1 is 1.37 bits per heavy atom. The highest BCUT2D eigenvalue weighted by Gasteiger charge is 2.08. The van der Waals surface area contributed by atoms with Gasteiger partial charge in [0.25, 0.3) is 6.08 Å². The molecule has 19 heavy (non-hydrogen) atoms. The fourth-order valence-corrected chi connectivity index (χ4v) is 2.38. The number of aryl methyl sites for hydroxylation is 1. The lowest BCUT2D eigenvalue weighted by molar-refractivity contribution is -0.116. The van der Waals surface area contributed by atoms with Crippen LogP contribution in [0.15, 0.2) is 17.0 Å². The number of carbonyl (C=O) groups is 1. The van der Waals surface area contributed by atoms with E-state index in [2.05, 4.69) is 10.3 Å². The summed E-state index contributed by atoms with van der Waals surface area (Å²) in [5.41, 5.74) is 1.02. The lowest BCUT2D eigenvalue weighted by Gasteiger charge is -2.05. The van der Waals surface area contributed by atoms with Crippen molar-refractivity contribution >= 4 is 22.4 Å². The number of nitrogens with zero attached hydrogens (tertiary/aromatic N) is 1. The van der Waals surface area contributed by atoms with Crippen LogP contribution in [0.4, 0.5) is 13.9 Å². The molecule has 1 amide bonds. The monoisotopic (exact) mass is 288 g/mol. The lowest BCUT2D eigenvalue weighted by atomic mass is 10.1. The second-order valence-corrected chi connectivity index (χ2v) is 5.17. The van der Waals surface area contributed by atoms with Crippen LogP contribution in [0, 0.1) is 6.92 Å². The Morgan fingerprint density at radius 3 is 2.63 bits per heavy atom. The predicted octanol–water partition coefficient (Wildman–Crippen LogP) is 4.51. The van der Waals surface area contributed by atoms with Crippen molar-refractivity contribution in [2.45, 2.75) is 46.0 Å². The fourth-order valence-electron chi connectivity index (χ4n) is 1.67. The molecule has 1 aromatic heterocycles. The van der Waals surface area contributed by atoms with Crippen molar-refractivity contribution in [3.63, 3.8) is 0 Å². The molecule has 6 heteroatoms. The molecule has 0 bridgehead atoms. The van der Waals surface area contributed by atoms with Crippen LogP contribution in [0.25, 0.3) is 0 Å². The summed E-state index contributed by atoms with van der Waals surface area (Å²) in [5.74, 6) is -0.176. The van der Waals surface area contributed by atoms with Gasteiger partial charge < -0.3 is 5.32 Å². The van der Waals surface area contributed by atoms with Crippen LogP contribution < -0.4 is 5.32 Å². The molecule has 0 spiro atoms. The van der Waals surface area contributed by atoms with Gasteiger partial charge in [0.1, 0.15) is 0 Å². The zero-order chi connectivity index (χ0) is 14.3. The van der Waals surface area contributed by atoms with E-state index in [9.17, 15) is 13.6 Å². The number of rotatable bonds is 7. The van der Waals surface area contributed by atoms with E-state index in [1.165, 1.54) is 11.3 Å². The van der Waals surface area contributed by atoms with Crippen molar-refractivity contribution in [2.24, 2.45) is 0 Å². The Labute approximate surface area is 115 Å². The molecule has 106 valence electrons. The van der Waals surface area contributed by atoms with Gasteiger partial charge in [0.15, 0.2) is 5.13 Å². The highest BCUT2D eigenvalue weighted by molar-refractivity contribution is 7.13. The molecular formula is C13H18F2N2OS. The third kappa shape index (κ3) is 5.92. The first kappa shape index (κ1) is 15.8. The molecular weight excluding hydrogens is 270 g/mol. The van der Waals surface area contributed by atoms with E-state index in [-0.39, 0.29) is 24.3 Å². The van der Waals surface area contributed by atoms with E-state index in [1.54, 1.807) is 0 Å². The van der Waals surface area contributed by atoms with Gasteiger partial charge in [0, 0.05) is 11.8 Å². The number of halogens is 2. The Hall–Kier alpha value is -1.30. The smallest absolute Gasteiger partial charge is 0.269 e. The Bertz CT molecular complexity index is 453. The fraction of sp³-hybridized carbons (Fsp3) is 0.538. The zero-order valence-corrected chi connectivity index (χ0v) is 11.9. The summed E-state index contributed by atoms with van der Waals surface area (Å²) in [5, 5.41) is 5.06. The van der Waals surface area contributed by atoms with Gasteiger partial charge in [0.05, 0.1) is 5.69 Å². The van der Waals surface area contributed by atoms with E-state index in [0.717, 1.165) is 5.69 Å². The highest BCUT2D eigenvalue weighted by atomic mass is 32.1. The summed E-state index contributed by atoms with van der Waals surface area (Å²) >= 11 is 1.36. The van der Waals surface area contributed by atoms with Gasteiger partial charge in [-0.15, -0.1) is 11.3 Å². The summed E-state index contributed by atoms with van der Waals surface area (Å²) in [4.78, 5) is 15.7. The molecule has 0 aliphatic heterocycles. The summed E-state index contributed by atoms with van der Waals surface area (Å²) < 4.78 is 25.1.